The van der Waals surface area contributed by atoms with E-state index in [4.69, 9.17) is 15.3 Å². The highest BCUT2D eigenvalue weighted by Crippen LogP contribution is 1.97. The van der Waals surface area contributed by atoms with Gasteiger partial charge in [0, 0.05) is 26.2 Å². The molecule has 2 amide bonds. The number of nitrogens with one attached hydrogen (secondary N) is 2. The minimum Gasteiger partial charge on any atom is -0.480 e. The molecule has 0 aromatic heterocycles. The molecule has 0 aliphatic rings. The van der Waals surface area contributed by atoms with Gasteiger partial charge in [-0.2, -0.15) is 0 Å². The van der Waals surface area contributed by atoms with Crippen LogP contribution in [0.3, 0.4) is 0 Å². The quantitative estimate of drug-likeness (QED) is 0.149. The molecule has 166 valence electrons. The van der Waals surface area contributed by atoms with E-state index >= 15 is 0 Å². The summed E-state index contributed by atoms with van der Waals surface area (Å²) in [6.45, 7) is -1.09. The maximum atomic E-state index is 11.5. The van der Waals surface area contributed by atoms with E-state index in [1.54, 1.807) is 0 Å². The number of nitrogens with zero attached hydrogens (tertiary/aromatic N) is 3. The summed E-state index contributed by atoms with van der Waals surface area (Å²) in [6, 6.07) is 0. The monoisotopic (exact) mass is 455 g/mol. The van der Waals surface area contributed by atoms with Crippen LogP contribution >= 0.6 is 18.8 Å². The standard InChI is InChI=1S/C14H27N5O8P2/c20-10(15-28)5-18(8-13(24)25)3-1-17(7-12(22)23)2-4-19(9-14(26)27)6-11(21)16-29/h1-9,28-29H2,(H,15,20)(H,16,21)(H,22,23)(H,24,25)(H,26,27). The van der Waals surface area contributed by atoms with Crippen molar-refractivity contribution in [3.8, 4) is 0 Å². The fraction of sp³-hybridized carbons (Fsp3) is 0.643. The van der Waals surface area contributed by atoms with E-state index in [2.05, 4.69) is 10.2 Å². The summed E-state index contributed by atoms with van der Waals surface area (Å²) in [5.41, 5.74) is 0. The van der Waals surface area contributed by atoms with Gasteiger partial charge in [0.1, 0.15) is 0 Å². The molecule has 0 aromatic rings. The average Bonchev–Trinajstić information content (AvgIpc) is 2.61. The summed E-state index contributed by atoms with van der Waals surface area (Å²) < 4.78 is 0. The second kappa shape index (κ2) is 15.0. The number of rotatable bonds is 16. The zero-order chi connectivity index (χ0) is 22.4. The summed E-state index contributed by atoms with van der Waals surface area (Å²) >= 11 is 0. The number of carboxylic acid groups (broad SMARTS) is 3. The summed E-state index contributed by atoms with van der Waals surface area (Å²) in [6.07, 6.45) is 0. The van der Waals surface area contributed by atoms with Crippen LogP contribution in [0.2, 0.25) is 0 Å². The van der Waals surface area contributed by atoms with Crippen LogP contribution in [-0.2, 0) is 24.0 Å². The van der Waals surface area contributed by atoms with Gasteiger partial charge in [0.25, 0.3) is 0 Å². The number of carboxylic acids is 3. The Morgan fingerprint density at radius 2 is 0.828 bits per heavy atom. The molecular formula is C14H27N5O8P2. The third kappa shape index (κ3) is 14.7. The van der Waals surface area contributed by atoms with Gasteiger partial charge >= 0.3 is 17.9 Å². The lowest BCUT2D eigenvalue weighted by Crippen LogP contribution is -2.46. The molecule has 2 atom stereocenters. The highest BCUT2D eigenvalue weighted by Gasteiger charge is 2.19. The number of aliphatic carboxylic acids is 3. The van der Waals surface area contributed by atoms with Crippen LogP contribution < -0.4 is 10.2 Å². The molecule has 0 rings (SSSR count). The number of hydrogen-bond donors (Lipinski definition) is 5. The van der Waals surface area contributed by atoms with Crippen molar-refractivity contribution in [2.45, 2.75) is 0 Å². The van der Waals surface area contributed by atoms with E-state index in [1.165, 1.54) is 14.7 Å². The van der Waals surface area contributed by atoms with Gasteiger partial charge in [-0.15, -0.1) is 0 Å². The van der Waals surface area contributed by atoms with Crippen molar-refractivity contribution in [2.24, 2.45) is 0 Å². The maximum absolute atomic E-state index is 11.5. The molecule has 0 aromatic carbocycles. The fourth-order valence-electron chi connectivity index (χ4n) is 2.33. The normalized spacial score (nSPS) is 10.9. The minimum atomic E-state index is -1.14. The van der Waals surface area contributed by atoms with E-state index in [1.807, 2.05) is 18.8 Å². The van der Waals surface area contributed by atoms with E-state index in [0.717, 1.165) is 0 Å². The molecule has 5 N–H and O–H groups in total. The first kappa shape index (κ1) is 27.1. The number of carbonyl (C=O) groups is 5. The molecule has 2 unspecified atom stereocenters. The van der Waals surface area contributed by atoms with Crippen molar-refractivity contribution < 1.29 is 39.3 Å². The minimum absolute atomic E-state index is 0.0999. The lowest BCUT2D eigenvalue weighted by atomic mass is 10.3. The van der Waals surface area contributed by atoms with Gasteiger partial charge in [0.15, 0.2) is 0 Å². The Kier molecular flexibility index (Phi) is 14.0. The van der Waals surface area contributed by atoms with Gasteiger partial charge in [-0.25, -0.2) is 0 Å². The van der Waals surface area contributed by atoms with E-state index < -0.39 is 42.8 Å². The van der Waals surface area contributed by atoms with Gasteiger partial charge in [-0.05, 0) is 18.8 Å². The number of amides is 2. The van der Waals surface area contributed by atoms with Crippen molar-refractivity contribution in [1.29, 1.82) is 0 Å². The molecule has 15 heteroatoms. The number of hydrogen-bond acceptors (Lipinski definition) is 8. The lowest BCUT2D eigenvalue weighted by molar-refractivity contribution is -0.141. The van der Waals surface area contributed by atoms with Crippen molar-refractivity contribution in [3.05, 3.63) is 0 Å². The van der Waals surface area contributed by atoms with Crippen LogP contribution in [0.15, 0.2) is 0 Å². The molecule has 0 spiro atoms. The molecule has 0 bridgehead atoms. The Balaban J connectivity index is 4.95. The topological polar surface area (TPSA) is 180 Å². The molecule has 0 aliphatic heterocycles. The molecular weight excluding hydrogens is 428 g/mol. The first-order chi connectivity index (χ1) is 13.6. The Morgan fingerprint density at radius 1 is 0.552 bits per heavy atom. The smallest absolute Gasteiger partial charge is 0.317 e. The first-order valence-corrected chi connectivity index (χ1v) is 9.54. The van der Waals surface area contributed by atoms with Gasteiger partial charge in [-0.3, -0.25) is 38.7 Å². The van der Waals surface area contributed by atoms with Crippen LogP contribution in [0.1, 0.15) is 0 Å². The molecule has 0 fully saturated rings. The first-order valence-electron chi connectivity index (χ1n) is 8.38. The van der Waals surface area contributed by atoms with Crippen LogP contribution in [0.4, 0.5) is 0 Å². The zero-order valence-corrected chi connectivity index (χ0v) is 18.1. The highest BCUT2D eigenvalue weighted by atomic mass is 31.0. The van der Waals surface area contributed by atoms with Crippen molar-refractivity contribution in [2.75, 3.05) is 58.9 Å². The largest absolute Gasteiger partial charge is 0.480 e. The summed E-state index contributed by atoms with van der Waals surface area (Å²) in [4.78, 5) is 60.2. The second-order valence-electron chi connectivity index (χ2n) is 6.01. The van der Waals surface area contributed by atoms with Crippen molar-refractivity contribution in [1.82, 2.24) is 24.9 Å². The SMILES string of the molecule is O=C(O)CN(CCN(CC(=O)O)CC(=O)NP)CCN(CC(=O)O)CC(=O)NP. The molecule has 0 saturated carbocycles. The summed E-state index contributed by atoms with van der Waals surface area (Å²) in [5.74, 6) is -4.23. The zero-order valence-electron chi connectivity index (χ0n) is 15.7. The fourth-order valence-corrected chi connectivity index (χ4v) is 2.52. The van der Waals surface area contributed by atoms with Crippen LogP contribution in [0.25, 0.3) is 0 Å². The third-order valence-electron chi connectivity index (χ3n) is 3.60. The van der Waals surface area contributed by atoms with Gasteiger partial charge in [0.2, 0.25) is 11.8 Å². The Hall–Kier alpha value is -1.91. The Morgan fingerprint density at radius 3 is 1.10 bits per heavy atom. The van der Waals surface area contributed by atoms with Gasteiger partial charge < -0.3 is 25.5 Å². The molecule has 0 saturated heterocycles. The van der Waals surface area contributed by atoms with E-state index in [9.17, 15) is 24.0 Å². The van der Waals surface area contributed by atoms with Crippen LogP contribution in [0.5, 0.6) is 0 Å². The lowest BCUT2D eigenvalue weighted by Gasteiger charge is -2.27. The molecule has 0 aliphatic carbocycles. The Labute approximate surface area is 172 Å². The van der Waals surface area contributed by atoms with E-state index in [0.29, 0.717) is 0 Å². The molecule has 0 radical (unpaired) electrons. The highest BCUT2D eigenvalue weighted by molar-refractivity contribution is 7.15. The predicted molar refractivity (Wildman–Crippen MR) is 108 cm³/mol. The van der Waals surface area contributed by atoms with Crippen molar-refractivity contribution in [3.63, 3.8) is 0 Å². The third-order valence-corrected chi connectivity index (χ3v) is 4.24. The molecule has 13 nitrogen and oxygen atoms in total. The molecule has 0 heterocycles. The predicted octanol–water partition coefficient (Wildman–Crippen LogP) is -3.04. The van der Waals surface area contributed by atoms with Gasteiger partial charge in [0.05, 0.1) is 32.7 Å². The number of carbonyl (C=O) groups excluding carboxylic acids is 2. The maximum Gasteiger partial charge on any atom is 0.317 e. The second-order valence-corrected chi connectivity index (χ2v) is 6.59. The van der Waals surface area contributed by atoms with Crippen LogP contribution in [0, 0.1) is 0 Å². The molecule has 29 heavy (non-hydrogen) atoms. The Bertz CT molecular complexity index is 552. The van der Waals surface area contributed by atoms with Crippen LogP contribution in [-0.4, -0.2) is 119 Å². The average molecular weight is 455 g/mol. The summed E-state index contributed by atoms with van der Waals surface area (Å²) in [7, 11) is 4.03. The van der Waals surface area contributed by atoms with Gasteiger partial charge in [-0.1, -0.05) is 0 Å². The van der Waals surface area contributed by atoms with Crippen molar-refractivity contribution >= 4 is 48.5 Å². The summed E-state index contributed by atoms with van der Waals surface area (Å²) in [5, 5.41) is 31.6. The van der Waals surface area contributed by atoms with E-state index in [-0.39, 0.29) is 45.8 Å².